The number of halogens is 1. The monoisotopic (exact) mass is 407 g/mol. The minimum Gasteiger partial charge on any atom is -0.373 e. The minimum atomic E-state index is -3.58. The van der Waals surface area contributed by atoms with E-state index in [9.17, 15) is 8.42 Å². The Bertz CT molecular complexity index is 900. The van der Waals surface area contributed by atoms with Crippen LogP contribution in [-0.4, -0.2) is 39.9 Å². The topological polar surface area (TPSA) is 64.6 Å². The Morgan fingerprint density at radius 1 is 0.926 bits per heavy atom. The fourth-order valence-electron chi connectivity index (χ4n) is 3.76. The molecule has 27 heavy (non-hydrogen) atoms. The summed E-state index contributed by atoms with van der Waals surface area (Å²) >= 11 is 6.03. The highest BCUT2D eigenvalue weighted by atomic mass is 35.5. The molecular weight excluding hydrogens is 386 g/mol. The van der Waals surface area contributed by atoms with Gasteiger partial charge in [0.25, 0.3) is 0 Å². The molecule has 0 radical (unpaired) electrons. The molecule has 2 aromatic rings. The van der Waals surface area contributed by atoms with Crippen LogP contribution in [0.25, 0.3) is 11.1 Å². The fourth-order valence-corrected chi connectivity index (χ4v) is 5.23. The molecule has 1 N–H and O–H groups in total. The number of benzene rings is 2. The van der Waals surface area contributed by atoms with Crippen molar-refractivity contribution < 1.29 is 17.9 Å². The van der Waals surface area contributed by atoms with Crippen molar-refractivity contribution in [1.82, 2.24) is 4.72 Å². The Balaban J connectivity index is 1.45. The van der Waals surface area contributed by atoms with Gasteiger partial charge in [-0.2, -0.15) is 0 Å². The van der Waals surface area contributed by atoms with Crippen LogP contribution in [-0.2, 0) is 19.5 Å². The molecule has 0 bridgehead atoms. The molecule has 5 nitrogen and oxygen atoms in total. The lowest BCUT2D eigenvalue weighted by molar-refractivity contribution is -0.156. The lowest BCUT2D eigenvalue weighted by Gasteiger charge is -2.38. The summed E-state index contributed by atoms with van der Waals surface area (Å²) in [5.74, 6) is 0. The first kappa shape index (κ1) is 18.9. The van der Waals surface area contributed by atoms with Crippen LogP contribution in [0.2, 0.25) is 5.02 Å². The lowest BCUT2D eigenvalue weighted by Crippen LogP contribution is -2.49. The summed E-state index contributed by atoms with van der Waals surface area (Å²) in [5, 5.41) is 0.648. The van der Waals surface area contributed by atoms with Crippen LogP contribution < -0.4 is 4.72 Å². The van der Waals surface area contributed by atoms with Gasteiger partial charge in [0.2, 0.25) is 10.0 Å². The van der Waals surface area contributed by atoms with Gasteiger partial charge in [-0.05, 0) is 54.7 Å². The van der Waals surface area contributed by atoms with Crippen LogP contribution in [0.5, 0.6) is 0 Å². The molecule has 1 saturated heterocycles. The van der Waals surface area contributed by atoms with E-state index in [1.807, 2.05) is 24.3 Å². The quantitative estimate of drug-likeness (QED) is 0.840. The lowest BCUT2D eigenvalue weighted by atomic mass is 9.90. The van der Waals surface area contributed by atoms with E-state index < -0.39 is 10.0 Å². The molecule has 2 aliphatic rings. The standard InChI is InChI=1S/C20H22ClNO4S/c21-16-3-1-2-15(12-16)14-4-7-18(8-5-14)27(23,24)22-17-6-9-19-20(13-17)26-11-10-25-19/h1-5,7-8,12,17,19-20,22H,6,9-11,13H2. The van der Waals surface area contributed by atoms with Crippen molar-refractivity contribution in [2.24, 2.45) is 0 Å². The smallest absolute Gasteiger partial charge is 0.240 e. The summed E-state index contributed by atoms with van der Waals surface area (Å²) in [7, 11) is -3.58. The fraction of sp³-hybridized carbons (Fsp3) is 0.400. The summed E-state index contributed by atoms with van der Waals surface area (Å²) in [5.41, 5.74) is 1.87. The van der Waals surface area contributed by atoms with Crippen molar-refractivity contribution in [2.45, 2.75) is 42.4 Å². The van der Waals surface area contributed by atoms with Gasteiger partial charge < -0.3 is 9.47 Å². The van der Waals surface area contributed by atoms with E-state index in [0.717, 1.165) is 24.0 Å². The molecule has 3 atom stereocenters. The molecule has 0 aromatic heterocycles. The number of fused-ring (bicyclic) bond motifs is 1. The highest BCUT2D eigenvalue weighted by Gasteiger charge is 2.35. The van der Waals surface area contributed by atoms with E-state index in [1.165, 1.54) is 0 Å². The van der Waals surface area contributed by atoms with Crippen molar-refractivity contribution in [3.63, 3.8) is 0 Å². The zero-order valence-corrected chi connectivity index (χ0v) is 16.4. The van der Waals surface area contributed by atoms with E-state index in [0.29, 0.717) is 24.7 Å². The predicted molar refractivity (Wildman–Crippen MR) is 104 cm³/mol. The molecule has 1 saturated carbocycles. The Kier molecular flexibility index (Phi) is 5.53. The molecule has 2 fully saturated rings. The van der Waals surface area contributed by atoms with Gasteiger partial charge in [-0.25, -0.2) is 13.1 Å². The number of rotatable bonds is 4. The van der Waals surface area contributed by atoms with Crippen LogP contribution in [0.4, 0.5) is 0 Å². The van der Waals surface area contributed by atoms with Crippen LogP contribution in [0.15, 0.2) is 53.4 Å². The van der Waals surface area contributed by atoms with Gasteiger partial charge >= 0.3 is 0 Å². The first-order valence-corrected chi connectivity index (χ1v) is 11.0. The Hall–Kier alpha value is -1.44. The summed E-state index contributed by atoms with van der Waals surface area (Å²) in [6, 6.07) is 14.2. The molecule has 4 rings (SSSR count). The number of hydrogen-bond acceptors (Lipinski definition) is 4. The molecule has 1 aliphatic heterocycles. The number of ether oxygens (including phenoxy) is 2. The highest BCUT2D eigenvalue weighted by molar-refractivity contribution is 7.89. The van der Waals surface area contributed by atoms with Crippen molar-refractivity contribution in [2.75, 3.05) is 13.2 Å². The molecule has 1 heterocycles. The van der Waals surface area contributed by atoms with Crippen molar-refractivity contribution >= 4 is 21.6 Å². The van der Waals surface area contributed by atoms with E-state index >= 15 is 0 Å². The second kappa shape index (κ2) is 7.89. The molecule has 1 aliphatic carbocycles. The first-order chi connectivity index (χ1) is 13.0. The van der Waals surface area contributed by atoms with Crippen LogP contribution in [0, 0.1) is 0 Å². The zero-order valence-electron chi connectivity index (χ0n) is 14.8. The van der Waals surface area contributed by atoms with Crippen molar-refractivity contribution in [3.05, 3.63) is 53.6 Å². The first-order valence-electron chi connectivity index (χ1n) is 9.13. The van der Waals surface area contributed by atoms with Crippen LogP contribution in [0.3, 0.4) is 0 Å². The average Bonchev–Trinajstić information content (AvgIpc) is 2.68. The second-order valence-electron chi connectivity index (χ2n) is 6.98. The molecular formula is C20H22ClNO4S. The van der Waals surface area contributed by atoms with Gasteiger partial charge in [0, 0.05) is 11.1 Å². The summed E-state index contributed by atoms with van der Waals surface area (Å²) in [6.45, 7) is 1.20. The molecule has 2 aromatic carbocycles. The van der Waals surface area contributed by atoms with Gasteiger partial charge in [0.05, 0.1) is 30.3 Å². The maximum absolute atomic E-state index is 12.8. The summed E-state index contributed by atoms with van der Waals surface area (Å²) in [4.78, 5) is 0.260. The maximum atomic E-state index is 12.8. The van der Waals surface area contributed by atoms with E-state index in [4.69, 9.17) is 21.1 Å². The normalized spacial score (nSPS) is 25.7. The Labute approximate surface area is 164 Å². The summed E-state index contributed by atoms with van der Waals surface area (Å²) in [6.07, 6.45) is 2.28. The van der Waals surface area contributed by atoms with Crippen molar-refractivity contribution in [1.29, 1.82) is 0 Å². The summed E-state index contributed by atoms with van der Waals surface area (Å²) < 4.78 is 39.8. The highest BCUT2D eigenvalue weighted by Crippen LogP contribution is 2.28. The van der Waals surface area contributed by atoms with Crippen LogP contribution >= 0.6 is 11.6 Å². The largest absolute Gasteiger partial charge is 0.373 e. The second-order valence-corrected chi connectivity index (χ2v) is 9.13. The Morgan fingerprint density at radius 3 is 2.41 bits per heavy atom. The Morgan fingerprint density at radius 2 is 1.67 bits per heavy atom. The van der Waals surface area contributed by atoms with Crippen LogP contribution in [0.1, 0.15) is 19.3 Å². The zero-order chi connectivity index (χ0) is 18.9. The third-order valence-electron chi connectivity index (χ3n) is 5.12. The van der Waals surface area contributed by atoms with Gasteiger partial charge in [-0.3, -0.25) is 0 Å². The van der Waals surface area contributed by atoms with E-state index in [1.54, 1.807) is 24.3 Å². The minimum absolute atomic E-state index is 0.0228. The van der Waals surface area contributed by atoms with Gasteiger partial charge in [-0.15, -0.1) is 0 Å². The number of nitrogens with one attached hydrogen (secondary N) is 1. The molecule has 144 valence electrons. The molecule has 3 unspecified atom stereocenters. The molecule has 7 heteroatoms. The third kappa shape index (κ3) is 4.36. The average molecular weight is 408 g/mol. The predicted octanol–water partition coefficient (Wildman–Crippen LogP) is 3.62. The van der Waals surface area contributed by atoms with Gasteiger partial charge in [0.15, 0.2) is 0 Å². The number of sulfonamides is 1. The molecule has 0 spiro atoms. The van der Waals surface area contributed by atoms with Crippen molar-refractivity contribution in [3.8, 4) is 11.1 Å². The maximum Gasteiger partial charge on any atom is 0.240 e. The van der Waals surface area contributed by atoms with Gasteiger partial charge in [-0.1, -0.05) is 35.9 Å². The third-order valence-corrected chi connectivity index (χ3v) is 6.89. The number of hydrogen-bond donors (Lipinski definition) is 1. The van der Waals surface area contributed by atoms with E-state index in [2.05, 4.69) is 4.72 Å². The van der Waals surface area contributed by atoms with E-state index in [-0.39, 0.29) is 23.1 Å². The van der Waals surface area contributed by atoms with Gasteiger partial charge in [0.1, 0.15) is 0 Å². The SMILES string of the molecule is O=S(=O)(NC1CCC2OCCOC2C1)c1ccc(-c2cccc(Cl)c2)cc1. The molecule has 0 amide bonds.